The van der Waals surface area contributed by atoms with Gasteiger partial charge < -0.3 is 15.3 Å². The first kappa shape index (κ1) is 2.55. The molecule has 0 aromatic heterocycles. The van der Waals surface area contributed by atoms with Crippen molar-refractivity contribution in [2.75, 3.05) is 0 Å². The van der Waals surface area contributed by atoms with E-state index < -0.39 is 59.4 Å². The predicted octanol–water partition coefficient (Wildman–Crippen LogP) is 1.16. The minimum Gasteiger partial charge on any atom is -0.394 e. The Kier molecular flexibility index (Phi) is 3.71. The molecule has 0 unspecified atom stereocenters. The quantitative estimate of drug-likeness (QED) is 0.614. The molecule has 84 valence electrons. The van der Waals surface area contributed by atoms with E-state index in [2.05, 4.69) is 0 Å². The van der Waals surface area contributed by atoms with Crippen LogP contribution in [0, 0.1) is 40.4 Å². The Morgan fingerprint density at radius 2 is 0.923 bits per heavy atom. The Morgan fingerprint density at radius 1 is 0.769 bits per heavy atom. The van der Waals surface area contributed by atoms with Crippen LogP contribution < -0.4 is 0 Å². The molecule has 0 heterocycles. The van der Waals surface area contributed by atoms with E-state index in [9.17, 15) is 0 Å². The van der Waals surface area contributed by atoms with Crippen LogP contribution in [-0.4, -0.2) is 33.6 Å². The summed E-state index contributed by atoms with van der Waals surface area (Å²) < 4.78 is 137. The third kappa shape index (κ3) is 1120. The Labute approximate surface area is 144 Å². The summed E-state index contributed by atoms with van der Waals surface area (Å²) in [6.45, 7) is -19.3. The van der Waals surface area contributed by atoms with Crippen LogP contribution in [0.3, 0.4) is 0 Å². The van der Waals surface area contributed by atoms with Crippen LogP contribution in [-0.2, 0) is 0 Å². The van der Waals surface area contributed by atoms with Crippen LogP contribution in [0.5, 0.6) is 0 Å². The van der Waals surface area contributed by atoms with Gasteiger partial charge in [0.2, 0.25) is 0 Å². The third-order valence-electron chi connectivity index (χ3n) is 0. The van der Waals surface area contributed by atoms with Gasteiger partial charge in [-0.1, -0.05) is 0 Å². The fourth-order valence-corrected chi connectivity index (χ4v) is 0. The predicted molar refractivity (Wildman–Crippen MR) is 52.1 cm³/mol. The van der Waals surface area contributed by atoms with Gasteiger partial charge in [0.05, 0.1) is 4.11 Å². The van der Waals surface area contributed by atoms with E-state index in [0.717, 1.165) is 0 Å². The second-order valence-corrected chi connectivity index (χ2v) is 1.05. The molecular formula is C9H24O3Sm. The minimum atomic E-state index is -3.38. The Morgan fingerprint density at radius 3 is 0.923 bits per heavy atom. The van der Waals surface area contributed by atoms with Gasteiger partial charge in [-0.3, -0.25) is 0 Å². The van der Waals surface area contributed by atoms with Gasteiger partial charge in [-0.2, -0.15) is 0 Å². The van der Waals surface area contributed by atoms with E-state index in [1.807, 2.05) is 0 Å². The number of aliphatic hydroxyl groups is 3. The molecule has 0 spiro atoms. The summed E-state index contributed by atoms with van der Waals surface area (Å²) in [6, 6.07) is 0. The maximum Gasteiger partial charge on any atom is 0.0594 e. The summed E-state index contributed by atoms with van der Waals surface area (Å²) >= 11 is 0. The van der Waals surface area contributed by atoms with E-state index in [0.29, 0.717) is 0 Å². The molecule has 0 fully saturated rings. The number of rotatable bonds is 0. The van der Waals surface area contributed by atoms with Crippen molar-refractivity contribution in [3.05, 3.63) is 0 Å². The fraction of sp³-hybridized carbons (Fsp3) is 1.00. The fourth-order valence-electron chi connectivity index (χ4n) is 0. The van der Waals surface area contributed by atoms with Gasteiger partial charge in [-0.15, -0.1) is 0 Å². The van der Waals surface area contributed by atoms with Crippen LogP contribution in [0.15, 0.2) is 0 Å². The monoisotopic (exact) mass is 353 g/mol. The van der Waals surface area contributed by atoms with Crippen molar-refractivity contribution < 1.29 is 84.5 Å². The van der Waals surface area contributed by atoms with Gasteiger partial charge >= 0.3 is 0 Å². The van der Waals surface area contributed by atoms with Crippen LogP contribution in [0.2, 0.25) is 0 Å². The maximum absolute atomic E-state index is 8.73. The smallest absolute Gasteiger partial charge is 0.0594 e. The largest absolute Gasteiger partial charge is 0.394 e. The topological polar surface area (TPSA) is 60.7 Å². The molecule has 3 N–H and O–H groups in total. The average molecular weight is 352 g/mol. The summed E-state index contributed by atoms with van der Waals surface area (Å²) in [5, 5.41) is 26.2. The summed E-state index contributed by atoms with van der Waals surface area (Å²) in [6.07, 6.45) is -10.1. The van der Waals surface area contributed by atoms with Crippen LogP contribution in [0.1, 0.15) is 69.9 Å². The molecule has 0 radical (unpaired) electrons. The summed E-state index contributed by atoms with van der Waals surface area (Å²) in [5.41, 5.74) is 0. The maximum atomic E-state index is 8.73. The van der Waals surface area contributed by atoms with E-state index in [1.165, 1.54) is 0 Å². The van der Waals surface area contributed by atoms with E-state index in [-0.39, 0.29) is 40.4 Å². The van der Waals surface area contributed by atoms with Gasteiger partial charge in [0.25, 0.3) is 0 Å². The van der Waals surface area contributed by atoms with Gasteiger partial charge in [0.15, 0.2) is 0 Å². The Hall–Kier alpha value is 1.22. The van der Waals surface area contributed by atoms with Crippen molar-refractivity contribution in [2.45, 2.75) is 59.4 Å². The molecule has 0 atom stereocenters. The molecule has 0 saturated carbocycles. The number of hydrogen-bond donors (Lipinski definition) is 3. The zero-order valence-electron chi connectivity index (χ0n) is 27.2. The first-order valence-corrected chi connectivity index (χ1v) is 2.17. The molecule has 0 aromatic rings. The van der Waals surface area contributed by atoms with Crippen LogP contribution >= 0.6 is 0 Å². The van der Waals surface area contributed by atoms with Gasteiger partial charge in [0.1, 0.15) is 0 Å². The molecule has 0 aliphatic heterocycles. The van der Waals surface area contributed by atoms with Crippen LogP contribution in [0.25, 0.3) is 0 Å². The van der Waals surface area contributed by atoms with Crippen molar-refractivity contribution in [2.24, 2.45) is 0 Å². The normalized spacial score (nSPS) is 40.4. The molecule has 0 aliphatic rings. The first-order valence-electron chi connectivity index (χ1n) is 12.7. The van der Waals surface area contributed by atoms with Crippen molar-refractivity contribution in [1.82, 2.24) is 0 Å². The van der Waals surface area contributed by atoms with Crippen molar-refractivity contribution >= 4 is 0 Å². The van der Waals surface area contributed by atoms with Crippen molar-refractivity contribution in [1.29, 1.82) is 0 Å². The van der Waals surface area contributed by atoms with Crippen molar-refractivity contribution in [3.63, 3.8) is 0 Å². The van der Waals surface area contributed by atoms with Gasteiger partial charge in [-0.25, -0.2) is 0 Å². The zero-order chi connectivity index (χ0) is 28.5. The van der Waals surface area contributed by atoms with E-state index in [1.54, 1.807) is 0 Å². The molecular weight excluding hydrogens is 306 g/mol. The van der Waals surface area contributed by atoms with Crippen LogP contribution in [0.4, 0.5) is 0 Å². The molecule has 0 aromatic carbocycles. The summed E-state index contributed by atoms with van der Waals surface area (Å²) in [4.78, 5) is 0. The third-order valence-corrected chi connectivity index (χ3v) is 0. The molecule has 3 nitrogen and oxygen atoms in total. The zero-order valence-corrected chi connectivity index (χ0v) is 8.87. The molecule has 0 rings (SSSR count). The van der Waals surface area contributed by atoms with Gasteiger partial charge in [0, 0.05) is 83.3 Å². The number of hydrogen-bond acceptors (Lipinski definition) is 3. The second kappa shape index (κ2) is 18.9. The molecule has 0 saturated heterocycles. The minimum absolute atomic E-state index is 0. The SMILES string of the molecule is [2H]C([2H])([2H])C([2H])(O)C([2H])([2H])[2H].[2H]C([2H])([2H])C([2H])(O)C([2H])([2H])[2H].[2H]C([2H])([2H])C([2H])(O)C([2H])([2H])[2H].[Sm]. The van der Waals surface area contributed by atoms with Gasteiger partial charge in [-0.05, 0) is 41.1 Å². The van der Waals surface area contributed by atoms with E-state index >= 15 is 0 Å². The average Bonchev–Trinajstić information content (AvgIpc) is 2.41. The summed E-state index contributed by atoms with van der Waals surface area (Å²) in [5.74, 6) is 0. The molecule has 0 aliphatic carbocycles. The Bertz CT molecular complexity index is 466. The summed E-state index contributed by atoms with van der Waals surface area (Å²) in [7, 11) is 0. The van der Waals surface area contributed by atoms with E-state index in [4.69, 9.17) is 44.1 Å². The standard InChI is InChI=1S/3C3H8O.Sm/c3*1-3(2)4;/h3*3-4H,1-2H3;/i3*1D3,2D3,3D;. The molecule has 0 bridgehead atoms. The Balaban J connectivity index is -0.000000196. The molecule has 0 amide bonds. The molecule has 4 heteroatoms. The first-order chi connectivity index (χ1) is 13.5. The van der Waals surface area contributed by atoms with Crippen molar-refractivity contribution in [3.8, 4) is 0 Å². The molecule has 13 heavy (non-hydrogen) atoms. The second-order valence-electron chi connectivity index (χ2n) is 1.05.